The molecule has 1 aromatic heterocycles. The van der Waals surface area contributed by atoms with Gasteiger partial charge in [-0.2, -0.15) is 0 Å². The van der Waals surface area contributed by atoms with Gasteiger partial charge >= 0.3 is 0 Å². The standard InChI is InChI=1S/C22H31N3OS/c1-4-23-22(25-15-20-12-9-17(3)27-20)24-14-19-6-5-13-26-21(19)18-10-7-16(2)8-11-18/h7-12,19,21H,4-6,13-15H2,1-3H3,(H2,23,24,25). The van der Waals surface area contributed by atoms with E-state index in [1.165, 1.54) is 27.3 Å². The zero-order valence-electron chi connectivity index (χ0n) is 16.6. The minimum Gasteiger partial charge on any atom is -0.373 e. The number of aliphatic imine (C=N–C) groups is 1. The fourth-order valence-electron chi connectivity index (χ4n) is 3.47. The lowest BCUT2D eigenvalue weighted by Gasteiger charge is -2.32. The molecule has 4 nitrogen and oxygen atoms in total. The van der Waals surface area contributed by atoms with Crippen LogP contribution < -0.4 is 10.6 Å². The number of guanidine groups is 1. The lowest BCUT2D eigenvalue weighted by Crippen LogP contribution is -2.42. The molecule has 2 unspecified atom stereocenters. The highest BCUT2D eigenvalue weighted by Gasteiger charge is 2.27. The molecular formula is C22H31N3OS. The Morgan fingerprint density at radius 1 is 1.15 bits per heavy atom. The topological polar surface area (TPSA) is 45.7 Å². The summed E-state index contributed by atoms with van der Waals surface area (Å²) in [6, 6.07) is 13.1. The Morgan fingerprint density at radius 3 is 2.67 bits per heavy atom. The van der Waals surface area contributed by atoms with Crippen LogP contribution in [0.4, 0.5) is 0 Å². The number of benzene rings is 1. The first kappa shape index (κ1) is 19.9. The first-order chi connectivity index (χ1) is 13.2. The Bertz CT molecular complexity index is 738. The van der Waals surface area contributed by atoms with Crippen LogP contribution in [0.15, 0.2) is 41.4 Å². The van der Waals surface area contributed by atoms with Crippen LogP contribution in [0.1, 0.15) is 46.8 Å². The molecule has 0 aliphatic carbocycles. The van der Waals surface area contributed by atoms with E-state index in [1.807, 2.05) is 11.3 Å². The molecule has 0 spiro atoms. The second kappa shape index (κ2) is 9.90. The Kier molecular flexibility index (Phi) is 7.30. The number of nitrogens with one attached hydrogen (secondary N) is 2. The number of aryl methyl sites for hydroxylation is 2. The summed E-state index contributed by atoms with van der Waals surface area (Å²) in [4.78, 5) is 7.38. The molecule has 1 aromatic carbocycles. The number of thiophene rings is 1. The van der Waals surface area contributed by atoms with Gasteiger partial charge in [-0.25, -0.2) is 4.99 Å². The molecule has 146 valence electrons. The van der Waals surface area contributed by atoms with E-state index in [1.54, 1.807) is 0 Å². The SMILES string of the molecule is CCNC(=NCc1ccc(C)s1)NCC1CCCOC1c1ccc(C)cc1. The summed E-state index contributed by atoms with van der Waals surface area (Å²) in [5.41, 5.74) is 2.57. The normalized spacial score (nSPS) is 20.5. The van der Waals surface area contributed by atoms with Crippen LogP contribution in [0.3, 0.4) is 0 Å². The maximum atomic E-state index is 6.14. The second-order valence-corrected chi connectivity index (χ2v) is 8.57. The minimum atomic E-state index is 0.162. The highest BCUT2D eigenvalue weighted by Crippen LogP contribution is 2.33. The van der Waals surface area contributed by atoms with Gasteiger partial charge in [-0.15, -0.1) is 11.3 Å². The summed E-state index contributed by atoms with van der Waals surface area (Å²) in [5, 5.41) is 6.91. The highest BCUT2D eigenvalue weighted by molar-refractivity contribution is 7.11. The largest absolute Gasteiger partial charge is 0.373 e. The van der Waals surface area contributed by atoms with Gasteiger partial charge in [0.1, 0.15) is 0 Å². The molecule has 0 radical (unpaired) electrons. The fourth-order valence-corrected chi connectivity index (χ4v) is 4.29. The molecule has 1 fully saturated rings. The van der Waals surface area contributed by atoms with Crippen molar-refractivity contribution in [1.82, 2.24) is 10.6 Å². The molecule has 2 aromatic rings. The van der Waals surface area contributed by atoms with Crippen molar-refractivity contribution in [2.24, 2.45) is 10.9 Å². The van der Waals surface area contributed by atoms with Gasteiger partial charge in [0.15, 0.2) is 5.96 Å². The van der Waals surface area contributed by atoms with E-state index in [0.717, 1.165) is 38.6 Å². The van der Waals surface area contributed by atoms with Crippen molar-refractivity contribution < 1.29 is 4.74 Å². The van der Waals surface area contributed by atoms with Gasteiger partial charge in [0.25, 0.3) is 0 Å². The molecule has 0 saturated carbocycles. The molecule has 2 atom stereocenters. The van der Waals surface area contributed by atoms with Gasteiger partial charge in [0, 0.05) is 35.4 Å². The molecule has 27 heavy (non-hydrogen) atoms. The third-order valence-electron chi connectivity index (χ3n) is 4.92. The number of hydrogen-bond acceptors (Lipinski definition) is 3. The maximum Gasteiger partial charge on any atom is 0.191 e. The molecule has 0 bridgehead atoms. The smallest absolute Gasteiger partial charge is 0.191 e. The van der Waals surface area contributed by atoms with Gasteiger partial charge in [-0.3, -0.25) is 0 Å². The van der Waals surface area contributed by atoms with Crippen LogP contribution in [0, 0.1) is 19.8 Å². The summed E-state index contributed by atoms with van der Waals surface area (Å²) in [6.45, 7) is 9.66. The van der Waals surface area contributed by atoms with E-state index in [4.69, 9.17) is 9.73 Å². The minimum absolute atomic E-state index is 0.162. The van der Waals surface area contributed by atoms with E-state index in [9.17, 15) is 0 Å². The summed E-state index contributed by atoms with van der Waals surface area (Å²) in [5.74, 6) is 1.34. The number of hydrogen-bond donors (Lipinski definition) is 2. The quantitative estimate of drug-likeness (QED) is 0.565. The molecule has 1 saturated heterocycles. The average molecular weight is 386 g/mol. The Balaban J connectivity index is 1.62. The number of rotatable bonds is 6. The first-order valence-electron chi connectivity index (χ1n) is 9.91. The summed E-state index contributed by atoms with van der Waals surface area (Å²) < 4.78 is 6.14. The predicted molar refractivity (Wildman–Crippen MR) is 114 cm³/mol. The van der Waals surface area contributed by atoms with Crippen LogP contribution in [-0.2, 0) is 11.3 Å². The van der Waals surface area contributed by atoms with Crippen LogP contribution in [0.5, 0.6) is 0 Å². The van der Waals surface area contributed by atoms with E-state index < -0.39 is 0 Å². The lowest BCUT2D eigenvalue weighted by molar-refractivity contribution is -0.0265. The third-order valence-corrected chi connectivity index (χ3v) is 5.90. The van der Waals surface area contributed by atoms with Crippen molar-refractivity contribution in [2.45, 2.75) is 46.3 Å². The van der Waals surface area contributed by atoms with E-state index in [0.29, 0.717) is 5.92 Å². The Morgan fingerprint density at radius 2 is 1.96 bits per heavy atom. The van der Waals surface area contributed by atoms with Gasteiger partial charge in [-0.05, 0) is 51.3 Å². The van der Waals surface area contributed by atoms with Gasteiger partial charge in [0.2, 0.25) is 0 Å². The van der Waals surface area contributed by atoms with Crippen LogP contribution in [0.25, 0.3) is 0 Å². The van der Waals surface area contributed by atoms with E-state index in [-0.39, 0.29) is 6.10 Å². The molecule has 5 heteroatoms. The van der Waals surface area contributed by atoms with E-state index >= 15 is 0 Å². The average Bonchev–Trinajstić information content (AvgIpc) is 3.10. The summed E-state index contributed by atoms with van der Waals surface area (Å²) >= 11 is 1.81. The van der Waals surface area contributed by atoms with Gasteiger partial charge < -0.3 is 15.4 Å². The zero-order valence-corrected chi connectivity index (χ0v) is 17.4. The Hall–Kier alpha value is -1.85. The number of ether oxygens (including phenoxy) is 1. The van der Waals surface area contributed by atoms with Crippen molar-refractivity contribution in [1.29, 1.82) is 0 Å². The molecule has 1 aliphatic heterocycles. The van der Waals surface area contributed by atoms with Crippen molar-refractivity contribution >= 4 is 17.3 Å². The molecule has 0 amide bonds. The Labute approximate surface area is 167 Å². The molecule has 2 N–H and O–H groups in total. The van der Waals surface area contributed by atoms with E-state index in [2.05, 4.69) is 67.8 Å². The first-order valence-corrected chi connectivity index (χ1v) is 10.7. The van der Waals surface area contributed by atoms with Gasteiger partial charge in [-0.1, -0.05) is 29.8 Å². The van der Waals surface area contributed by atoms with Crippen LogP contribution in [0.2, 0.25) is 0 Å². The second-order valence-electron chi connectivity index (χ2n) is 7.19. The summed E-state index contributed by atoms with van der Waals surface area (Å²) in [6.07, 6.45) is 2.46. The molecular weight excluding hydrogens is 354 g/mol. The van der Waals surface area contributed by atoms with Gasteiger partial charge in [0.05, 0.1) is 12.6 Å². The predicted octanol–water partition coefficient (Wildman–Crippen LogP) is 4.59. The zero-order chi connectivity index (χ0) is 19.1. The molecule has 3 rings (SSSR count). The third kappa shape index (κ3) is 5.81. The van der Waals surface area contributed by atoms with Crippen LogP contribution in [-0.4, -0.2) is 25.7 Å². The van der Waals surface area contributed by atoms with Crippen molar-refractivity contribution in [3.05, 3.63) is 57.3 Å². The maximum absolute atomic E-state index is 6.14. The van der Waals surface area contributed by atoms with Crippen molar-refractivity contribution in [3.8, 4) is 0 Å². The fraction of sp³-hybridized carbons (Fsp3) is 0.500. The highest BCUT2D eigenvalue weighted by atomic mass is 32.1. The lowest BCUT2D eigenvalue weighted by atomic mass is 9.89. The van der Waals surface area contributed by atoms with Crippen molar-refractivity contribution in [2.75, 3.05) is 19.7 Å². The monoisotopic (exact) mass is 385 g/mol. The molecule has 2 heterocycles. The summed E-state index contributed by atoms with van der Waals surface area (Å²) in [7, 11) is 0. The van der Waals surface area contributed by atoms with Crippen LogP contribution >= 0.6 is 11.3 Å². The number of nitrogens with zero attached hydrogens (tertiary/aromatic N) is 1. The molecule has 1 aliphatic rings. The van der Waals surface area contributed by atoms with Crippen molar-refractivity contribution in [3.63, 3.8) is 0 Å².